The molecule has 0 aromatic rings. The molecule has 0 amide bonds. The maximum Gasteiger partial charge on any atom is 0.0814 e. The van der Waals surface area contributed by atoms with Gasteiger partial charge >= 0.3 is 0 Å². The predicted octanol–water partition coefficient (Wildman–Crippen LogP) is 3.11. The van der Waals surface area contributed by atoms with Crippen molar-refractivity contribution >= 4 is 0 Å². The monoisotopic (exact) mass is 225 g/mol. The van der Waals surface area contributed by atoms with Gasteiger partial charge in [-0.05, 0) is 45.4 Å². The molecule has 0 atom stereocenters. The molecule has 1 heterocycles. The van der Waals surface area contributed by atoms with Crippen LogP contribution in [0, 0.1) is 5.92 Å². The zero-order chi connectivity index (χ0) is 11.6. The van der Waals surface area contributed by atoms with Crippen molar-refractivity contribution in [3.63, 3.8) is 0 Å². The Bertz CT molecular complexity index is 229. The molecule has 0 unspecified atom stereocenters. The second-order valence-corrected chi connectivity index (χ2v) is 6.38. The fourth-order valence-corrected chi connectivity index (χ4v) is 3.43. The van der Waals surface area contributed by atoms with Gasteiger partial charge in [0, 0.05) is 13.1 Å². The summed E-state index contributed by atoms with van der Waals surface area (Å²) in [6.07, 6.45) is 7.99. The molecular weight excluding hydrogens is 198 g/mol. The minimum atomic E-state index is 0.0237. The molecular formula is C14H27NO. The maximum absolute atomic E-state index is 6.37. The summed E-state index contributed by atoms with van der Waals surface area (Å²) in [6, 6.07) is 0. The number of nitrogens with one attached hydrogen (secondary N) is 1. The van der Waals surface area contributed by atoms with Crippen LogP contribution in [-0.2, 0) is 4.74 Å². The number of hydrogen-bond donors (Lipinski definition) is 1. The molecule has 1 saturated carbocycles. The SMILES string of the molecule is CCCC1CCC2(CC1)CNCC(C)(C)O2. The Kier molecular flexibility index (Phi) is 3.60. The Morgan fingerprint density at radius 2 is 1.88 bits per heavy atom. The summed E-state index contributed by atoms with van der Waals surface area (Å²) in [5, 5.41) is 3.56. The summed E-state index contributed by atoms with van der Waals surface area (Å²) in [4.78, 5) is 0. The first-order valence-electron chi connectivity index (χ1n) is 6.96. The molecule has 1 spiro atoms. The van der Waals surface area contributed by atoms with Gasteiger partial charge in [-0.25, -0.2) is 0 Å². The van der Waals surface area contributed by atoms with E-state index in [4.69, 9.17) is 4.74 Å². The molecule has 1 saturated heterocycles. The van der Waals surface area contributed by atoms with Gasteiger partial charge in [-0.1, -0.05) is 19.8 Å². The van der Waals surface area contributed by atoms with Crippen molar-refractivity contribution in [2.45, 2.75) is 70.5 Å². The topological polar surface area (TPSA) is 21.3 Å². The molecule has 0 radical (unpaired) electrons. The molecule has 1 aliphatic heterocycles. The lowest BCUT2D eigenvalue weighted by Gasteiger charge is -2.49. The summed E-state index contributed by atoms with van der Waals surface area (Å²) in [7, 11) is 0. The fourth-order valence-electron chi connectivity index (χ4n) is 3.43. The molecule has 2 nitrogen and oxygen atoms in total. The average molecular weight is 225 g/mol. The van der Waals surface area contributed by atoms with E-state index in [-0.39, 0.29) is 11.2 Å². The van der Waals surface area contributed by atoms with Crippen LogP contribution >= 0.6 is 0 Å². The largest absolute Gasteiger partial charge is 0.366 e. The van der Waals surface area contributed by atoms with Gasteiger partial charge in [0.15, 0.2) is 0 Å². The van der Waals surface area contributed by atoms with Gasteiger partial charge in [0.05, 0.1) is 11.2 Å². The maximum atomic E-state index is 6.37. The first-order chi connectivity index (χ1) is 7.55. The first kappa shape index (κ1) is 12.4. The normalized spacial score (nSPS) is 38.8. The number of morpholine rings is 1. The van der Waals surface area contributed by atoms with E-state index in [0.29, 0.717) is 0 Å². The van der Waals surface area contributed by atoms with Gasteiger partial charge in [-0.3, -0.25) is 0 Å². The number of hydrogen-bond acceptors (Lipinski definition) is 2. The van der Waals surface area contributed by atoms with E-state index in [9.17, 15) is 0 Å². The van der Waals surface area contributed by atoms with E-state index in [1.165, 1.54) is 38.5 Å². The van der Waals surface area contributed by atoms with Crippen LogP contribution in [0.3, 0.4) is 0 Å². The number of rotatable bonds is 2. The van der Waals surface area contributed by atoms with Crippen LogP contribution in [0.25, 0.3) is 0 Å². The first-order valence-corrected chi connectivity index (χ1v) is 6.96. The van der Waals surface area contributed by atoms with Crippen molar-refractivity contribution in [2.75, 3.05) is 13.1 Å². The molecule has 0 bridgehead atoms. The minimum Gasteiger partial charge on any atom is -0.366 e. The highest BCUT2D eigenvalue weighted by molar-refractivity contribution is 4.95. The van der Waals surface area contributed by atoms with Crippen molar-refractivity contribution < 1.29 is 4.74 Å². The lowest BCUT2D eigenvalue weighted by atomic mass is 9.76. The zero-order valence-corrected chi connectivity index (χ0v) is 11.1. The third-order valence-corrected chi connectivity index (χ3v) is 4.20. The van der Waals surface area contributed by atoms with E-state index in [2.05, 4.69) is 26.1 Å². The summed E-state index contributed by atoms with van der Waals surface area (Å²) >= 11 is 0. The quantitative estimate of drug-likeness (QED) is 0.779. The van der Waals surface area contributed by atoms with Crippen LogP contribution in [0.15, 0.2) is 0 Å². The lowest BCUT2D eigenvalue weighted by molar-refractivity contribution is -0.179. The molecule has 0 aromatic heterocycles. The van der Waals surface area contributed by atoms with Gasteiger partial charge in [0.25, 0.3) is 0 Å². The predicted molar refractivity (Wildman–Crippen MR) is 67.6 cm³/mol. The van der Waals surface area contributed by atoms with Crippen molar-refractivity contribution in [1.82, 2.24) is 5.32 Å². The Labute approximate surface area is 100 Å². The second-order valence-electron chi connectivity index (χ2n) is 6.38. The van der Waals surface area contributed by atoms with Crippen molar-refractivity contribution in [1.29, 1.82) is 0 Å². The summed E-state index contributed by atoms with van der Waals surface area (Å²) in [5.41, 5.74) is 0.182. The molecule has 2 aliphatic rings. The van der Waals surface area contributed by atoms with Crippen molar-refractivity contribution in [2.24, 2.45) is 5.92 Å². The average Bonchev–Trinajstić information content (AvgIpc) is 2.21. The molecule has 0 aromatic carbocycles. The molecule has 1 N–H and O–H groups in total. The van der Waals surface area contributed by atoms with Gasteiger partial charge in [-0.15, -0.1) is 0 Å². The molecule has 2 heteroatoms. The van der Waals surface area contributed by atoms with Crippen LogP contribution < -0.4 is 5.32 Å². The van der Waals surface area contributed by atoms with E-state index >= 15 is 0 Å². The fraction of sp³-hybridized carbons (Fsp3) is 1.00. The van der Waals surface area contributed by atoms with Gasteiger partial charge in [-0.2, -0.15) is 0 Å². The Hall–Kier alpha value is -0.0800. The summed E-state index contributed by atoms with van der Waals surface area (Å²) < 4.78 is 6.37. The highest BCUT2D eigenvalue weighted by Gasteiger charge is 2.42. The Balaban J connectivity index is 1.91. The third kappa shape index (κ3) is 2.78. The van der Waals surface area contributed by atoms with Crippen LogP contribution in [0.2, 0.25) is 0 Å². The smallest absolute Gasteiger partial charge is 0.0814 e. The van der Waals surface area contributed by atoms with E-state index in [1.54, 1.807) is 0 Å². The molecule has 1 aliphatic carbocycles. The van der Waals surface area contributed by atoms with Crippen LogP contribution in [0.5, 0.6) is 0 Å². The van der Waals surface area contributed by atoms with E-state index in [0.717, 1.165) is 19.0 Å². The minimum absolute atomic E-state index is 0.0237. The Morgan fingerprint density at radius 3 is 2.44 bits per heavy atom. The summed E-state index contributed by atoms with van der Waals surface area (Å²) in [6.45, 7) is 8.77. The van der Waals surface area contributed by atoms with Gasteiger partial charge in [0.2, 0.25) is 0 Å². The molecule has 2 fully saturated rings. The van der Waals surface area contributed by atoms with Gasteiger partial charge < -0.3 is 10.1 Å². The second kappa shape index (κ2) is 4.66. The molecule has 16 heavy (non-hydrogen) atoms. The number of ether oxygens (including phenoxy) is 1. The van der Waals surface area contributed by atoms with Crippen LogP contribution in [0.4, 0.5) is 0 Å². The molecule has 94 valence electrons. The van der Waals surface area contributed by atoms with E-state index < -0.39 is 0 Å². The standard InChI is InChI=1S/C14H27NO/c1-4-5-12-6-8-14(9-7-12)11-15-10-13(2,3)16-14/h12,15H,4-11H2,1-3H3. The zero-order valence-electron chi connectivity index (χ0n) is 11.1. The van der Waals surface area contributed by atoms with Gasteiger partial charge in [0.1, 0.15) is 0 Å². The highest BCUT2D eigenvalue weighted by atomic mass is 16.5. The Morgan fingerprint density at radius 1 is 1.19 bits per heavy atom. The van der Waals surface area contributed by atoms with Crippen molar-refractivity contribution in [3.05, 3.63) is 0 Å². The van der Waals surface area contributed by atoms with Crippen LogP contribution in [0.1, 0.15) is 59.3 Å². The van der Waals surface area contributed by atoms with Crippen LogP contribution in [-0.4, -0.2) is 24.3 Å². The summed E-state index contributed by atoms with van der Waals surface area (Å²) in [5.74, 6) is 0.962. The molecule has 2 rings (SSSR count). The third-order valence-electron chi connectivity index (χ3n) is 4.20. The lowest BCUT2D eigenvalue weighted by Crippen LogP contribution is -2.59. The van der Waals surface area contributed by atoms with Crippen molar-refractivity contribution in [3.8, 4) is 0 Å². The highest BCUT2D eigenvalue weighted by Crippen LogP contribution is 2.40. The van der Waals surface area contributed by atoms with E-state index in [1.807, 2.05) is 0 Å².